The fraction of sp³-hybridized carbons (Fsp3) is 0.737. The number of hydrogen-bond acceptors (Lipinski definition) is 6. The predicted octanol–water partition coefficient (Wildman–Crippen LogP) is 1.48. The molecule has 0 aromatic rings. The summed E-state index contributed by atoms with van der Waals surface area (Å²) in [5, 5.41) is 2.40. The van der Waals surface area contributed by atoms with Crippen LogP contribution in [0.1, 0.15) is 46.5 Å². The van der Waals surface area contributed by atoms with E-state index in [2.05, 4.69) is 38.2 Å². The van der Waals surface area contributed by atoms with Crippen LogP contribution in [0.2, 0.25) is 0 Å². The van der Waals surface area contributed by atoms with E-state index in [1.54, 1.807) is 0 Å². The van der Waals surface area contributed by atoms with Gasteiger partial charge in [-0.2, -0.15) is 0 Å². The molecule has 1 saturated heterocycles. The minimum absolute atomic E-state index is 0.0255. The van der Waals surface area contributed by atoms with Gasteiger partial charge in [0.05, 0.1) is 11.8 Å². The van der Waals surface area contributed by atoms with Gasteiger partial charge in [0, 0.05) is 11.8 Å². The van der Waals surface area contributed by atoms with E-state index in [9.17, 15) is 14.4 Å². The zero-order valence-electron chi connectivity index (χ0n) is 15.7. The maximum atomic E-state index is 11.6. The molecule has 5 aliphatic rings. The fourth-order valence-corrected chi connectivity index (χ4v) is 5.73. The Hall–Kier alpha value is -1.83. The van der Waals surface area contributed by atoms with Crippen molar-refractivity contribution in [2.75, 3.05) is 0 Å². The molecule has 148 valence electrons. The number of amides is 2. The van der Waals surface area contributed by atoms with Crippen LogP contribution in [-0.4, -0.2) is 30.2 Å². The second-order valence-electron chi connectivity index (χ2n) is 8.97. The Morgan fingerprint density at radius 2 is 1.44 bits per heavy atom. The third-order valence-electron chi connectivity index (χ3n) is 7.79. The van der Waals surface area contributed by atoms with Crippen molar-refractivity contribution < 1.29 is 27.0 Å². The second kappa shape index (κ2) is 6.65. The average molecular weight is 395 g/mol. The van der Waals surface area contributed by atoms with E-state index >= 15 is 0 Å². The van der Waals surface area contributed by atoms with Gasteiger partial charge in [0.2, 0.25) is 11.8 Å². The van der Waals surface area contributed by atoms with E-state index < -0.39 is 10.6 Å². The van der Waals surface area contributed by atoms with Gasteiger partial charge in [-0.1, -0.05) is 32.9 Å². The quantitative estimate of drug-likeness (QED) is 0.491. The lowest BCUT2D eigenvalue weighted by atomic mass is 9.70. The van der Waals surface area contributed by atoms with E-state index in [4.69, 9.17) is 12.6 Å². The number of Topliss-reactive ketones (excluding diaryl/α,β-unsaturated/α-hetero) is 1. The summed E-state index contributed by atoms with van der Waals surface area (Å²) in [4.78, 5) is 34.2. The Morgan fingerprint density at radius 3 is 1.74 bits per heavy atom. The Morgan fingerprint density at radius 1 is 0.963 bits per heavy atom. The monoisotopic (exact) mass is 395 g/mol. The molecule has 0 radical (unpaired) electrons. The molecule has 6 atom stereocenters. The van der Waals surface area contributed by atoms with E-state index in [0.717, 1.165) is 19.3 Å². The summed E-state index contributed by atoms with van der Waals surface area (Å²) in [5.74, 6) is 1.69. The molecule has 4 bridgehead atoms. The smallest absolute Gasteiger partial charge is 0.299 e. The van der Waals surface area contributed by atoms with Gasteiger partial charge in [0.25, 0.3) is 0 Å². The molecule has 0 spiro atoms. The molecule has 4 aliphatic carbocycles. The molecule has 1 heterocycles. The summed E-state index contributed by atoms with van der Waals surface area (Å²) in [6, 6.07) is 0. The Balaban J connectivity index is 0.000000131. The van der Waals surface area contributed by atoms with Crippen LogP contribution in [0.3, 0.4) is 0 Å². The average Bonchev–Trinajstić information content (AvgIpc) is 3.30. The Labute approximate surface area is 160 Å². The molecule has 6 unspecified atom stereocenters. The van der Waals surface area contributed by atoms with Gasteiger partial charge >= 0.3 is 10.6 Å². The zero-order chi connectivity index (χ0) is 20.1. The Bertz CT molecular complexity index is 794. The normalized spacial score (nSPS) is 41.4. The first-order valence-corrected chi connectivity index (χ1v) is 10.3. The van der Waals surface area contributed by atoms with Crippen LogP contribution >= 0.6 is 0 Å². The fourth-order valence-electron chi connectivity index (χ4n) is 5.73. The Kier molecular flexibility index (Phi) is 4.91. The number of hydrogen-bond donors (Lipinski definition) is 1. The summed E-state index contributed by atoms with van der Waals surface area (Å²) in [7, 11) is -3.11. The highest BCUT2D eigenvalue weighted by molar-refractivity contribution is 7.59. The summed E-state index contributed by atoms with van der Waals surface area (Å²) in [6.07, 6.45) is 8.44. The van der Waals surface area contributed by atoms with E-state index in [0.29, 0.717) is 23.5 Å². The van der Waals surface area contributed by atoms with Crippen LogP contribution in [0.15, 0.2) is 12.2 Å². The first-order chi connectivity index (χ1) is 12.5. The molecule has 0 aromatic heterocycles. The maximum absolute atomic E-state index is 11.6. The van der Waals surface area contributed by atoms with Gasteiger partial charge in [0.15, 0.2) is 0 Å². The van der Waals surface area contributed by atoms with Gasteiger partial charge < -0.3 is 0 Å². The second-order valence-corrected chi connectivity index (χ2v) is 9.38. The van der Waals surface area contributed by atoms with Crippen molar-refractivity contribution in [3.05, 3.63) is 12.2 Å². The lowest BCUT2D eigenvalue weighted by molar-refractivity contribution is -0.128. The van der Waals surface area contributed by atoms with Crippen LogP contribution in [0.25, 0.3) is 0 Å². The summed E-state index contributed by atoms with van der Waals surface area (Å²) in [6.45, 7) is 6.67. The van der Waals surface area contributed by atoms with E-state index in [1.165, 1.54) is 6.42 Å². The molecule has 4 fully saturated rings. The van der Waals surface area contributed by atoms with Crippen LogP contribution < -0.4 is 5.32 Å². The molecule has 3 saturated carbocycles. The highest BCUT2D eigenvalue weighted by Gasteiger charge is 2.61. The number of nitrogens with one attached hydrogen (secondary N) is 1. The van der Waals surface area contributed by atoms with Gasteiger partial charge in [-0.05, 0) is 42.4 Å². The van der Waals surface area contributed by atoms with E-state index in [-0.39, 0.29) is 34.5 Å². The molecule has 1 aliphatic heterocycles. The molecule has 1 N–H and O–H groups in total. The van der Waals surface area contributed by atoms with E-state index in [1.807, 2.05) is 0 Å². The highest BCUT2D eigenvalue weighted by atomic mass is 32.2. The van der Waals surface area contributed by atoms with Crippen LogP contribution in [-0.2, 0) is 25.0 Å². The van der Waals surface area contributed by atoms with Crippen molar-refractivity contribution in [1.82, 2.24) is 5.32 Å². The van der Waals surface area contributed by atoms with Crippen molar-refractivity contribution in [3.8, 4) is 0 Å². The van der Waals surface area contributed by atoms with Gasteiger partial charge in [-0.25, -0.2) is 0 Å². The molecule has 2 amide bonds. The third-order valence-corrected chi connectivity index (χ3v) is 7.79. The summed E-state index contributed by atoms with van der Waals surface area (Å²) >= 11 is 0. The van der Waals surface area contributed by atoms with Gasteiger partial charge in [-0.3, -0.25) is 19.7 Å². The lowest BCUT2D eigenvalue weighted by Gasteiger charge is -2.32. The predicted molar refractivity (Wildman–Crippen MR) is 94.8 cm³/mol. The number of carbonyl (C=O) groups excluding carboxylic acids is 3. The van der Waals surface area contributed by atoms with Crippen LogP contribution in [0, 0.1) is 40.4 Å². The molecule has 0 aromatic carbocycles. The van der Waals surface area contributed by atoms with Crippen LogP contribution in [0.4, 0.5) is 0 Å². The van der Waals surface area contributed by atoms with Crippen molar-refractivity contribution in [2.24, 2.45) is 40.4 Å². The highest BCUT2D eigenvalue weighted by Crippen LogP contribution is 2.63. The zero-order valence-corrected chi connectivity index (χ0v) is 16.5. The standard InChI is InChI=1S/C10H16O.C9H9NO2.O3S/c1-9(2)7-4-5-10(9,3)8(11)6-7;11-8-6-4-1-2-5(3-4)7(6)9(12)10-8;1-4(2)3/h7H,4-6H2,1-3H3;1-2,4-7H,3H2,(H,10,11,12);. The van der Waals surface area contributed by atoms with Crippen molar-refractivity contribution in [1.29, 1.82) is 0 Å². The number of carbonyl (C=O) groups is 3. The minimum Gasteiger partial charge on any atom is -0.299 e. The number of imide groups is 1. The third kappa shape index (κ3) is 3.07. The maximum Gasteiger partial charge on any atom is 0.425 e. The molecule has 5 rings (SSSR count). The van der Waals surface area contributed by atoms with Crippen molar-refractivity contribution in [2.45, 2.75) is 46.5 Å². The lowest BCUT2D eigenvalue weighted by Crippen LogP contribution is -2.32. The molecular weight excluding hydrogens is 370 g/mol. The molecular formula is C19H25NO6S. The first-order valence-electron chi connectivity index (χ1n) is 9.32. The number of allylic oxidation sites excluding steroid dienone is 2. The summed E-state index contributed by atoms with van der Waals surface area (Å²) < 4.78 is 25.3. The molecule has 7 nitrogen and oxygen atoms in total. The van der Waals surface area contributed by atoms with Gasteiger partial charge in [0.1, 0.15) is 5.78 Å². The summed E-state index contributed by atoms with van der Waals surface area (Å²) in [5.41, 5.74) is 0.307. The largest absolute Gasteiger partial charge is 0.425 e. The molecule has 8 heteroatoms. The van der Waals surface area contributed by atoms with Crippen molar-refractivity contribution in [3.63, 3.8) is 0 Å². The minimum atomic E-state index is -3.11. The SMILES string of the molecule is CC12CCC(CC1=O)C2(C)C.O=C1NC(=O)C2C3C=CC(C3)C12.O=S(=O)=O. The topological polar surface area (TPSA) is 114 Å². The number of ketones is 1. The number of fused-ring (bicyclic) bond motifs is 7. The molecule has 27 heavy (non-hydrogen) atoms. The first kappa shape index (κ1) is 19.9. The van der Waals surface area contributed by atoms with Crippen LogP contribution in [0.5, 0.6) is 0 Å². The number of rotatable bonds is 0. The van der Waals surface area contributed by atoms with Gasteiger partial charge in [-0.15, -0.1) is 12.6 Å². The van der Waals surface area contributed by atoms with Crippen molar-refractivity contribution >= 4 is 28.2 Å².